The van der Waals surface area contributed by atoms with E-state index in [0.717, 1.165) is 6.42 Å². The van der Waals surface area contributed by atoms with Crippen molar-refractivity contribution < 1.29 is 9.59 Å². The number of hydrogen-bond acceptors (Lipinski definition) is 4. The Labute approximate surface area is 118 Å². The molecule has 1 fully saturated rings. The van der Waals surface area contributed by atoms with Crippen molar-refractivity contribution in [3.63, 3.8) is 0 Å². The summed E-state index contributed by atoms with van der Waals surface area (Å²) in [6.45, 7) is 5.74. The zero-order valence-corrected chi connectivity index (χ0v) is 12.4. The van der Waals surface area contributed by atoms with Gasteiger partial charge in [-0.05, 0) is 20.3 Å². The average Bonchev–Trinajstić information content (AvgIpc) is 2.76. The Morgan fingerprint density at radius 3 is 2.65 bits per heavy atom. The van der Waals surface area contributed by atoms with E-state index in [-0.39, 0.29) is 11.8 Å². The zero-order valence-electron chi connectivity index (χ0n) is 12.4. The molecule has 1 N–H and O–H groups in total. The molecule has 20 heavy (non-hydrogen) atoms. The SMILES string of the molecule is CCCC1C(=O)NC(C)(C)C(=O)N1Cc1ncnn1C. The first-order valence-electron chi connectivity index (χ1n) is 6.82. The third kappa shape index (κ3) is 2.52. The Morgan fingerprint density at radius 1 is 1.40 bits per heavy atom. The molecular weight excluding hydrogens is 258 g/mol. The number of rotatable bonds is 4. The van der Waals surface area contributed by atoms with Crippen LogP contribution in [0.1, 0.15) is 39.4 Å². The van der Waals surface area contributed by atoms with E-state index in [4.69, 9.17) is 0 Å². The van der Waals surface area contributed by atoms with Gasteiger partial charge in [0.25, 0.3) is 0 Å². The highest BCUT2D eigenvalue weighted by atomic mass is 16.2. The third-order valence-corrected chi connectivity index (χ3v) is 3.59. The van der Waals surface area contributed by atoms with Crippen molar-refractivity contribution in [2.24, 2.45) is 7.05 Å². The summed E-state index contributed by atoms with van der Waals surface area (Å²) < 4.78 is 1.62. The van der Waals surface area contributed by atoms with Gasteiger partial charge in [0.2, 0.25) is 11.8 Å². The maximum absolute atomic E-state index is 12.6. The van der Waals surface area contributed by atoms with Gasteiger partial charge in [0.05, 0.1) is 6.54 Å². The van der Waals surface area contributed by atoms with E-state index < -0.39 is 11.6 Å². The average molecular weight is 279 g/mol. The number of hydrogen-bond donors (Lipinski definition) is 1. The van der Waals surface area contributed by atoms with Gasteiger partial charge in [-0.3, -0.25) is 14.3 Å². The van der Waals surface area contributed by atoms with Crippen molar-refractivity contribution >= 4 is 11.8 Å². The van der Waals surface area contributed by atoms with Crippen molar-refractivity contribution in [2.45, 2.75) is 51.7 Å². The third-order valence-electron chi connectivity index (χ3n) is 3.59. The second-order valence-corrected chi connectivity index (χ2v) is 5.65. The predicted octanol–water partition coefficient (Wildman–Crippen LogP) is 0.221. The molecule has 1 atom stereocenters. The topological polar surface area (TPSA) is 80.1 Å². The molecule has 0 saturated carbocycles. The number of nitrogens with one attached hydrogen (secondary N) is 1. The molecule has 1 aromatic heterocycles. The van der Waals surface area contributed by atoms with Gasteiger partial charge in [-0.15, -0.1) is 0 Å². The number of aromatic nitrogens is 3. The number of aryl methyl sites for hydroxylation is 1. The zero-order chi connectivity index (χ0) is 14.9. The number of carbonyl (C=O) groups is 2. The molecule has 1 saturated heterocycles. The highest BCUT2D eigenvalue weighted by molar-refractivity contribution is 5.99. The van der Waals surface area contributed by atoms with Crippen LogP contribution in [0.2, 0.25) is 0 Å². The van der Waals surface area contributed by atoms with Crippen LogP contribution in [0.15, 0.2) is 6.33 Å². The summed E-state index contributed by atoms with van der Waals surface area (Å²) in [5, 5.41) is 6.79. The van der Waals surface area contributed by atoms with Crippen molar-refractivity contribution in [2.75, 3.05) is 0 Å². The monoisotopic (exact) mass is 279 g/mol. The van der Waals surface area contributed by atoms with Crippen LogP contribution in [0.4, 0.5) is 0 Å². The summed E-state index contributed by atoms with van der Waals surface area (Å²) in [5.74, 6) is 0.488. The summed E-state index contributed by atoms with van der Waals surface area (Å²) in [6, 6.07) is -0.433. The van der Waals surface area contributed by atoms with Gasteiger partial charge in [0.1, 0.15) is 23.7 Å². The fraction of sp³-hybridized carbons (Fsp3) is 0.692. The largest absolute Gasteiger partial charge is 0.340 e. The summed E-state index contributed by atoms with van der Waals surface area (Å²) in [6.07, 6.45) is 2.93. The molecule has 0 aromatic carbocycles. The van der Waals surface area contributed by atoms with Crippen LogP contribution in [-0.4, -0.2) is 43.1 Å². The molecule has 1 aliphatic rings. The van der Waals surface area contributed by atoms with Gasteiger partial charge in [0, 0.05) is 7.05 Å². The summed E-state index contributed by atoms with van der Waals surface area (Å²) in [5.41, 5.74) is -0.875. The molecule has 0 radical (unpaired) electrons. The van der Waals surface area contributed by atoms with Gasteiger partial charge in [-0.2, -0.15) is 5.10 Å². The minimum atomic E-state index is -0.875. The molecule has 1 unspecified atom stereocenters. The van der Waals surface area contributed by atoms with Gasteiger partial charge in [-0.25, -0.2) is 4.98 Å². The van der Waals surface area contributed by atoms with Gasteiger partial charge in [-0.1, -0.05) is 13.3 Å². The van der Waals surface area contributed by atoms with Gasteiger partial charge < -0.3 is 10.2 Å². The minimum absolute atomic E-state index is 0.0847. The molecule has 1 aliphatic heterocycles. The molecule has 2 amide bonds. The molecule has 1 aromatic rings. The lowest BCUT2D eigenvalue weighted by Gasteiger charge is -2.42. The van der Waals surface area contributed by atoms with Crippen molar-refractivity contribution in [3.05, 3.63) is 12.2 Å². The molecule has 0 bridgehead atoms. The highest BCUT2D eigenvalue weighted by Crippen LogP contribution is 2.22. The lowest BCUT2D eigenvalue weighted by molar-refractivity contribution is -0.154. The Balaban J connectivity index is 2.30. The maximum atomic E-state index is 12.6. The number of carbonyl (C=O) groups excluding carboxylic acids is 2. The highest BCUT2D eigenvalue weighted by Gasteiger charge is 2.45. The Hall–Kier alpha value is -1.92. The normalized spacial score (nSPS) is 22.0. The fourth-order valence-electron chi connectivity index (χ4n) is 2.44. The number of piperazine rings is 1. The predicted molar refractivity (Wildman–Crippen MR) is 72.5 cm³/mol. The van der Waals surface area contributed by atoms with E-state index in [1.54, 1.807) is 30.5 Å². The first-order chi connectivity index (χ1) is 9.36. The first-order valence-corrected chi connectivity index (χ1v) is 6.82. The van der Waals surface area contributed by atoms with Crippen LogP contribution in [0.3, 0.4) is 0 Å². The smallest absolute Gasteiger partial charge is 0.248 e. The van der Waals surface area contributed by atoms with E-state index in [9.17, 15) is 9.59 Å². The molecular formula is C13H21N5O2. The van der Waals surface area contributed by atoms with Crippen LogP contribution < -0.4 is 5.32 Å². The van der Waals surface area contributed by atoms with E-state index >= 15 is 0 Å². The van der Waals surface area contributed by atoms with E-state index in [0.29, 0.717) is 18.8 Å². The molecule has 7 heteroatoms. The molecule has 0 spiro atoms. The van der Waals surface area contributed by atoms with Crippen LogP contribution in [0.5, 0.6) is 0 Å². The number of nitrogens with zero attached hydrogens (tertiary/aromatic N) is 4. The maximum Gasteiger partial charge on any atom is 0.248 e. The minimum Gasteiger partial charge on any atom is -0.340 e. The quantitative estimate of drug-likeness (QED) is 0.855. The molecule has 2 heterocycles. The first kappa shape index (κ1) is 14.5. The number of amides is 2. The van der Waals surface area contributed by atoms with E-state index in [2.05, 4.69) is 15.4 Å². The summed E-state index contributed by atoms with van der Waals surface area (Å²) in [7, 11) is 1.77. The molecule has 110 valence electrons. The van der Waals surface area contributed by atoms with Crippen molar-refractivity contribution in [1.82, 2.24) is 25.0 Å². The molecule has 2 rings (SSSR count). The lowest BCUT2D eigenvalue weighted by Crippen LogP contribution is -2.67. The fourth-order valence-corrected chi connectivity index (χ4v) is 2.44. The Morgan fingerprint density at radius 2 is 2.10 bits per heavy atom. The van der Waals surface area contributed by atoms with Crippen LogP contribution in [0, 0.1) is 0 Å². The van der Waals surface area contributed by atoms with Gasteiger partial charge >= 0.3 is 0 Å². The second-order valence-electron chi connectivity index (χ2n) is 5.65. The van der Waals surface area contributed by atoms with Crippen molar-refractivity contribution in [3.8, 4) is 0 Å². The second kappa shape index (κ2) is 5.22. The van der Waals surface area contributed by atoms with E-state index in [1.807, 2.05) is 6.92 Å². The van der Waals surface area contributed by atoms with Crippen LogP contribution in [-0.2, 0) is 23.2 Å². The summed E-state index contributed by atoms with van der Waals surface area (Å²) >= 11 is 0. The summed E-state index contributed by atoms with van der Waals surface area (Å²) in [4.78, 5) is 30.5. The Kier molecular flexibility index (Phi) is 3.78. The lowest BCUT2D eigenvalue weighted by atomic mass is 9.95. The van der Waals surface area contributed by atoms with E-state index in [1.165, 1.54) is 6.33 Å². The van der Waals surface area contributed by atoms with Crippen LogP contribution >= 0.6 is 0 Å². The Bertz CT molecular complexity index is 523. The van der Waals surface area contributed by atoms with Gasteiger partial charge in [0.15, 0.2) is 0 Å². The molecule has 0 aliphatic carbocycles. The van der Waals surface area contributed by atoms with Crippen LogP contribution in [0.25, 0.3) is 0 Å². The van der Waals surface area contributed by atoms with Crippen molar-refractivity contribution in [1.29, 1.82) is 0 Å². The standard InChI is InChI=1S/C13H21N5O2/c1-5-6-9-11(19)16-13(2,3)12(20)18(9)7-10-14-8-15-17(10)4/h8-9H,5-7H2,1-4H3,(H,16,19). The molecule has 7 nitrogen and oxygen atoms in total.